The van der Waals surface area contributed by atoms with Crippen molar-refractivity contribution in [3.05, 3.63) is 35.7 Å². The number of allylic oxidation sites excluding steroid dienone is 2. The van der Waals surface area contributed by atoms with Gasteiger partial charge in [-0.25, -0.2) is 0 Å². The van der Waals surface area contributed by atoms with Gasteiger partial charge in [0.25, 0.3) is 0 Å². The second kappa shape index (κ2) is 3.74. The van der Waals surface area contributed by atoms with Crippen LogP contribution in [-0.4, -0.2) is 10.8 Å². The van der Waals surface area contributed by atoms with Crippen molar-refractivity contribution in [1.29, 1.82) is 0 Å². The molecule has 1 aliphatic rings. The predicted molar refractivity (Wildman–Crippen MR) is 55.8 cm³/mol. The maximum atomic E-state index is 11.0. The van der Waals surface area contributed by atoms with Crippen LogP contribution in [0.3, 0.4) is 0 Å². The minimum atomic E-state index is 0.342. The van der Waals surface area contributed by atoms with Crippen LogP contribution in [0.25, 0.3) is 5.57 Å². The Labute approximate surface area is 83.7 Å². The first-order valence-corrected chi connectivity index (χ1v) is 4.89. The highest BCUT2D eigenvalue weighted by atomic mass is 16.1. The summed E-state index contributed by atoms with van der Waals surface area (Å²) < 4.78 is 0. The van der Waals surface area contributed by atoms with Crippen LogP contribution in [0.1, 0.15) is 30.5 Å². The monoisotopic (exact) mass is 187 g/mol. The number of Topliss-reactive ketones (excluding diaryl/α,β-unsaturated/α-hetero) is 1. The summed E-state index contributed by atoms with van der Waals surface area (Å²) in [7, 11) is 0. The topological polar surface area (TPSA) is 30.0 Å². The first kappa shape index (κ1) is 9.13. The minimum absolute atomic E-state index is 0.342. The molecule has 1 heterocycles. The molecular formula is C12H13NO. The molecule has 0 saturated heterocycles. The summed E-state index contributed by atoms with van der Waals surface area (Å²) in [5.41, 5.74) is 3.45. The number of pyridine rings is 1. The van der Waals surface area contributed by atoms with Crippen LogP contribution in [0.2, 0.25) is 0 Å². The van der Waals surface area contributed by atoms with Gasteiger partial charge in [0.15, 0.2) is 0 Å². The first-order valence-electron chi connectivity index (χ1n) is 4.89. The van der Waals surface area contributed by atoms with Crippen molar-refractivity contribution >= 4 is 11.4 Å². The maximum absolute atomic E-state index is 11.0. The summed E-state index contributed by atoms with van der Waals surface area (Å²) in [6, 6.07) is 4.08. The Hall–Kier alpha value is -1.44. The van der Waals surface area contributed by atoms with E-state index in [4.69, 9.17) is 0 Å². The Bertz CT molecular complexity index is 376. The maximum Gasteiger partial charge on any atom is 0.137 e. The lowest BCUT2D eigenvalue weighted by atomic mass is 9.94. The molecule has 2 rings (SSSR count). The summed E-state index contributed by atoms with van der Waals surface area (Å²) in [5, 5.41) is 0. The number of hydrogen-bond donors (Lipinski definition) is 0. The number of hydrogen-bond acceptors (Lipinski definition) is 2. The molecule has 0 aromatic carbocycles. The van der Waals surface area contributed by atoms with Gasteiger partial charge in [0.05, 0.1) is 0 Å². The Morgan fingerprint density at radius 3 is 2.71 bits per heavy atom. The van der Waals surface area contributed by atoms with Crippen LogP contribution in [0.15, 0.2) is 24.4 Å². The van der Waals surface area contributed by atoms with Gasteiger partial charge in [-0.2, -0.15) is 0 Å². The van der Waals surface area contributed by atoms with Crippen molar-refractivity contribution in [3.8, 4) is 0 Å². The third-order valence-electron chi connectivity index (χ3n) is 2.53. The Balaban J connectivity index is 2.23. The van der Waals surface area contributed by atoms with Crippen molar-refractivity contribution < 1.29 is 4.79 Å². The number of rotatable bonds is 1. The molecule has 0 atom stereocenters. The summed E-state index contributed by atoms with van der Waals surface area (Å²) in [4.78, 5) is 15.3. The van der Waals surface area contributed by atoms with Gasteiger partial charge < -0.3 is 0 Å². The van der Waals surface area contributed by atoms with E-state index < -0.39 is 0 Å². The molecule has 0 spiro atoms. The lowest BCUT2D eigenvalue weighted by Gasteiger charge is -2.11. The zero-order valence-corrected chi connectivity index (χ0v) is 8.29. The first-order chi connectivity index (χ1) is 6.75. The Morgan fingerprint density at radius 2 is 2.14 bits per heavy atom. The molecular weight excluding hydrogens is 174 g/mol. The largest absolute Gasteiger partial charge is 0.299 e. The average Bonchev–Trinajstić information content (AvgIpc) is 2.21. The average molecular weight is 187 g/mol. The molecule has 0 fully saturated rings. The van der Waals surface area contributed by atoms with Crippen molar-refractivity contribution in [2.24, 2.45) is 0 Å². The quantitative estimate of drug-likeness (QED) is 0.676. The molecule has 1 aliphatic carbocycles. The van der Waals surface area contributed by atoms with E-state index in [9.17, 15) is 4.79 Å². The number of nitrogens with zero attached hydrogens (tertiary/aromatic N) is 1. The van der Waals surface area contributed by atoms with Gasteiger partial charge in [-0.05, 0) is 30.5 Å². The van der Waals surface area contributed by atoms with Crippen LogP contribution in [0, 0.1) is 6.92 Å². The number of aromatic nitrogens is 1. The van der Waals surface area contributed by atoms with Gasteiger partial charge in [-0.1, -0.05) is 12.1 Å². The van der Waals surface area contributed by atoms with E-state index in [1.807, 2.05) is 25.3 Å². The highest BCUT2D eigenvalue weighted by molar-refractivity contribution is 5.86. The number of ketones is 1. The molecule has 0 amide bonds. The standard InChI is InChI=1S/C12H13NO/c1-9-2-3-11(8-13-9)10-4-6-12(14)7-5-10/h2-4,8H,5-7H2,1H3. The second-order valence-electron chi connectivity index (χ2n) is 3.66. The Kier molecular flexibility index (Phi) is 2.44. The summed E-state index contributed by atoms with van der Waals surface area (Å²) in [5.74, 6) is 0.342. The van der Waals surface area contributed by atoms with E-state index in [1.165, 1.54) is 5.57 Å². The van der Waals surface area contributed by atoms with Crippen LogP contribution in [0.4, 0.5) is 0 Å². The van der Waals surface area contributed by atoms with E-state index in [-0.39, 0.29) is 0 Å². The highest BCUT2D eigenvalue weighted by Gasteiger charge is 2.11. The number of carbonyl (C=O) groups is 1. The summed E-state index contributed by atoms with van der Waals surface area (Å²) in [6.07, 6.45) is 6.04. The SMILES string of the molecule is Cc1ccc(C2=CCC(=O)CC2)cn1. The highest BCUT2D eigenvalue weighted by Crippen LogP contribution is 2.24. The normalized spacial score (nSPS) is 16.6. The number of carbonyl (C=O) groups excluding carboxylic acids is 1. The van der Waals surface area contributed by atoms with Gasteiger partial charge in [-0.3, -0.25) is 9.78 Å². The fourth-order valence-electron chi connectivity index (χ4n) is 1.64. The van der Waals surface area contributed by atoms with E-state index >= 15 is 0 Å². The van der Waals surface area contributed by atoms with Gasteiger partial charge in [0.2, 0.25) is 0 Å². The molecule has 0 radical (unpaired) electrons. The fourth-order valence-corrected chi connectivity index (χ4v) is 1.64. The minimum Gasteiger partial charge on any atom is -0.299 e. The molecule has 0 bridgehead atoms. The molecule has 2 heteroatoms. The lowest BCUT2D eigenvalue weighted by Crippen LogP contribution is -2.03. The zero-order chi connectivity index (χ0) is 9.97. The number of aryl methyl sites for hydroxylation is 1. The van der Waals surface area contributed by atoms with Crippen molar-refractivity contribution in [3.63, 3.8) is 0 Å². The molecule has 0 aliphatic heterocycles. The third-order valence-corrected chi connectivity index (χ3v) is 2.53. The van der Waals surface area contributed by atoms with Gasteiger partial charge in [0.1, 0.15) is 5.78 Å². The lowest BCUT2D eigenvalue weighted by molar-refractivity contribution is -0.118. The second-order valence-corrected chi connectivity index (χ2v) is 3.66. The van der Waals surface area contributed by atoms with Crippen LogP contribution in [0.5, 0.6) is 0 Å². The van der Waals surface area contributed by atoms with Crippen molar-refractivity contribution in [2.75, 3.05) is 0 Å². The zero-order valence-electron chi connectivity index (χ0n) is 8.29. The van der Waals surface area contributed by atoms with E-state index in [2.05, 4.69) is 11.1 Å². The van der Waals surface area contributed by atoms with Gasteiger partial charge in [0, 0.05) is 24.7 Å². The summed E-state index contributed by atoms with van der Waals surface area (Å²) >= 11 is 0. The van der Waals surface area contributed by atoms with E-state index in [1.54, 1.807) is 0 Å². The van der Waals surface area contributed by atoms with E-state index in [0.29, 0.717) is 18.6 Å². The van der Waals surface area contributed by atoms with Crippen molar-refractivity contribution in [2.45, 2.75) is 26.2 Å². The molecule has 2 nitrogen and oxygen atoms in total. The Morgan fingerprint density at radius 1 is 1.29 bits per heavy atom. The molecule has 0 unspecified atom stereocenters. The molecule has 1 aromatic heterocycles. The van der Waals surface area contributed by atoms with Gasteiger partial charge in [-0.15, -0.1) is 0 Å². The van der Waals surface area contributed by atoms with Crippen LogP contribution >= 0.6 is 0 Å². The van der Waals surface area contributed by atoms with Crippen LogP contribution in [-0.2, 0) is 4.79 Å². The smallest absolute Gasteiger partial charge is 0.137 e. The molecule has 1 aromatic rings. The van der Waals surface area contributed by atoms with Crippen molar-refractivity contribution in [1.82, 2.24) is 4.98 Å². The van der Waals surface area contributed by atoms with E-state index in [0.717, 1.165) is 17.7 Å². The molecule has 0 N–H and O–H groups in total. The third kappa shape index (κ3) is 1.90. The fraction of sp³-hybridized carbons (Fsp3) is 0.333. The van der Waals surface area contributed by atoms with Gasteiger partial charge >= 0.3 is 0 Å². The van der Waals surface area contributed by atoms with Crippen LogP contribution < -0.4 is 0 Å². The summed E-state index contributed by atoms with van der Waals surface area (Å²) in [6.45, 7) is 1.97. The predicted octanol–water partition coefficient (Wildman–Crippen LogP) is 2.53. The molecule has 0 saturated carbocycles. The molecule has 14 heavy (non-hydrogen) atoms. The molecule has 72 valence electrons.